The lowest BCUT2D eigenvalue weighted by Gasteiger charge is -2.33. The molecule has 1 saturated heterocycles. The Hall–Kier alpha value is -2.67. The zero-order valence-electron chi connectivity index (χ0n) is 13.1. The van der Waals surface area contributed by atoms with E-state index in [4.69, 9.17) is 5.73 Å². The first-order valence-corrected chi connectivity index (χ1v) is 7.70. The smallest absolute Gasteiger partial charge is 0.167 e. The van der Waals surface area contributed by atoms with E-state index in [1.54, 1.807) is 12.7 Å². The van der Waals surface area contributed by atoms with Gasteiger partial charge in [-0.15, -0.1) is 0 Å². The Balaban J connectivity index is 1.77. The number of anilines is 2. The van der Waals surface area contributed by atoms with Gasteiger partial charge in [-0.3, -0.25) is 4.57 Å². The molecule has 0 aliphatic carbocycles. The summed E-state index contributed by atoms with van der Waals surface area (Å²) in [5.74, 6) is 1.49. The summed E-state index contributed by atoms with van der Waals surface area (Å²) in [7, 11) is 2.13. The van der Waals surface area contributed by atoms with Gasteiger partial charge in [0.2, 0.25) is 0 Å². The summed E-state index contributed by atoms with van der Waals surface area (Å²) in [6, 6.07) is 7.95. The van der Waals surface area contributed by atoms with Crippen molar-refractivity contribution in [3.8, 4) is 5.82 Å². The van der Waals surface area contributed by atoms with Gasteiger partial charge in [-0.05, 0) is 19.2 Å². The van der Waals surface area contributed by atoms with E-state index >= 15 is 0 Å². The Bertz CT molecular complexity index is 833. The fourth-order valence-electron chi connectivity index (χ4n) is 2.97. The van der Waals surface area contributed by atoms with Crippen molar-refractivity contribution in [3.05, 3.63) is 36.9 Å². The van der Waals surface area contributed by atoms with Crippen molar-refractivity contribution in [1.82, 2.24) is 24.4 Å². The SMILES string of the molecule is CN1CCN(c2ncnc(-n3cnc4ccccc43)c2N)CC1. The van der Waals surface area contributed by atoms with Gasteiger partial charge in [0.1, 0.15) is 18.3 Å². The molecule has 0 bridgehead atoms. The highest BCUT2D eigenvalue weighted by Gasteiger charge is 2.20. The van der Waals surface area contributed by atoms with Crippen molar-refractivity contribution in [1.29, 1.82) is 0 Å². The van der Waals surface area contributed by atoms with E-state index in [9.17, 15) is 0 Å². The fraction of sp³-hybridized carbons (Fsp3) is 0.312. The van der Waals surface area contributed by atoms with Crippen molar-refractivity contribution in [2.24, 2.45) is 0 Å². The number of rotatable bonds is 2. The predicted octanol–water partition coefficient (Wildman–Crippen LogP) is 1.15. The number of hydrogen-bond acceptors (Lipinski definition) is 6. The number of aromatic nitrogens is 4. The molecule has 0 unspecified atom stereocenters. The fourth-order valence-corrected chi connectivity index (χ4v) is 2.97. The van der Waals surface area contributed by atoms with Crippen LogP contribution in [0, 0.1) is 0 Å². The highest BCUT2D eigenvalue weighted by Crippen LogP contribution is 2.28. The van der Waals surface area contributed by atoms with Crippen LogP contribution in [0.15, 0.2) is 36.9 Å². The lowest BCUT2D eigenvalue weighted by Crippen LogP contribution is -2.45. The molecule has 2 aromatic heterocycles. The monoisotopic (exact) mass is 309 g/mol. The van der Waals surface area contributed by atoms with E-state index in [2.05, 4.69) is 31.8 Å². The molecule has 2 N–H and O–H groups in total. The van der Waals surface area contributed by atoms with E-state index < -0.39 is 0 Å². The van der Waals surface area contributed by atoms with Gasteiger partial charge < -0.3 is 15.5 Å². The first-order chi connectivity index (χ1) is 11.2. The van der Waals surface area contributed by atoms with Crippen LogP contribution in [-0.4, -0.2) is 57.6 Å². The number of likely N-dealkylation sites (N-methyl/N-ethyl adjacent to an activating group) is 1. The molecule has 0 spiro atoms. The minimum Gasteiger partial charge on any atom is -0.393 e. The highest BCUT2D eigenvalue weighted by atomic mass is 15.3. The number of fused-ring (bicyclic) bond motifs is 1. The summed E-state index contributed by atoms with van der Waals surface area (Å²) in [5, 5.41) is 0. The van der Waals surface area contributed by atoms with Crippen molar-refractivity contribution in [3.63, 3.8) is 0 Å². The molecule has 0 saturated carbocycles. The summed E-state index contributed by atoms with van der Waals surface area (Å²) >= 11 is 0. The van der Waals surface area contributed by atoms with Gasteiger partial charge in [0, 0.05) is 26.2 Å². The first kappa shape index (κ1) is 14.0. The minimum atomic E-state index is 0.597. The quantitative estimate of drug-likeness (QED) is 0.765. The molecule has 1 aliphatic rings. The Morgan fingerprint density at radius 3 is 2.52 bits per heavy atom. The first-order valence-electron chi connectivity index (χ1n) is 7.70. The van der Waals surface area contributed by atoms with Gasteiger partial charge in [-0.2, -0.15) is 0 Å². The molecule has 23 heavy (non-hydrogen) atoms. The summed E-state index contributed by atoms with van der Waals surface area (Å²) in [5.41, 5.74) is 8.91. The maximum Gasteiger partial charge on any atom is 0.167 e. The Kier molecular flexibility index (Phi) is 3.34. The normalized spacial score (nSPS) is 16.1. The molecule has 7 heteroatoms. The summed E-state index contributed by atoms with van der Waals surface area (Å²) in [6.45, 7) is 3.85. The third-order valence-corrected chi connectivity index (χ3v) is 4.33. The van der Waals surface area contributed by atoms with Crippen LogP contribution < -0.4 is 10.6 Å². The molecule has 1 aliphatic heterocycles. The molecular weight excluding hydrogens is 290 g/mol. The third kappa shape index (κ3) is 2.39. The number of hydrogen-bond donors (Lipinski definition) is 1. The molecule has 0 radical (unpaired) electrons. The van der Waals surface area contributed by atoms with Gasteiger partial charge in [-0.25, -0.2) is 15.0 Å². The van der Waals surface area contributed by atoms with E-state index in [1.807, 2.05) is 28.8 Å². The largest absolute Gasteiger partial charge is 0.393 e. The van der Waals surface area contributed by atoms with Crippen LogP contribution in [0.4, 0.5) is 11.5 Å². The average molecular weight is 309 g/mol. The number of nitrogens with zero attached hydrogens (tertiary/aromatic N) is 6. The van der Waals surface area contributed by atoms with Gasteiger partial charge in [0.15, 0.2) is 11.6 Å². The van der Waals surface area contributed by atoms with Crippen LogP contribution in [-0.2, 0) is 0 Å². The summed E-state index contributed by atoms with van der Waals surface area (Å²) < 4.78 is 1.92. The molecular formula is C16H19N7. The van der Waals surface area contributed by atoms with Gasteiger partial charge >= 0.3 is 0 Å². The maximum atomic E-state index is 6.40. The van der Waals surface area contributed by atoms with Crippen LogP contribution in [0.3, 0.4) is 0 Å². The van der Waals surface area contributed by atoms with Crippen LogP contribution in [0.1, 0.15) is 0 Å². The maximum absolute atomic E-state index is 6.40. The van der Waals surface area contributed by atoms with Crippen LogP contribution >= 0.6 is 0 Å². The minimum absolute atomic E-state index is 0.597. The Morgan fingerprint density at radius 1 is 0.957 bits per heavy atom. The van der Waals surface area contributed by atoms with Gasteiger partial charge in [-0.1, -0.05) is 12.1 Å². The number of nitrogen functional groups attached to an aromatic ring is 1. The summed E-state index contributed by atoms with van der Waals surface area (Å²) in [6.07, 6.45) is 3.34. The lowest BCUT2D eigenvalue weighted by molar-refractivity contribution is 0.312. The van der Waals surface area contributed by atoms with Gasteiger partial charge in [0.05, 0.1) is 11.0 Å². The lowest BCUT2D eigenvalue weighted by atomic mass is 10.3. The molecule has 1 fully saturated rings. The van der Waals surface area contributed by atoms with E-state index in [0.29, 0.717) is 11.5 Å². The topological polar surface area (TPSA) is 76.1 Å². The van der Waals surface area contributed by atoms with Crippen LogP contribution in [0.25, 0.3) is 16.9 Å². The predicted molar refractivity (Wildman–Crippen MR) is 90.8 cm³/mol. The number of para-hydroxylation sites is 2. The standard InChI is InChI=1S/C16H19N7/c1-21-6-8-22(9-7-21)15-14(17)16(19-10-18-15)23-11-20-12-4-2-3-5-13(12)23/h2-5,10-11H,6-9,17H2,1H3. The zero-order valence-corrected chi connectivity index (χ0v) is 13.1. The zero-order chi connectivity index (χ0) is 15.8. The molecule has 3 heterocycles. The number of piperazine rings is 1. The van der Waals surface area contributed by atoms with Crippen molar-refractivity contribution >= 4 is 22.5 Å². The second kappa shape index (κ2) is 5.51. The molecule has 0 atom stereocenters. The third-order valence-electron chi connectivity index (χ3n) is 4.33. The summed E-state index contributed by atoms with van der Waals surface area (Å²) in [4.78, 5) is 17.7. The van der Waals surface area contributed by atoms with Crippen LogP contribution in [0.2, 0.25) is 0 Å². The molecule has 1 aromatic carbocycles. The second-order valence-corrected chi connectivity index (χ2v) is 5.83. The van der Waals surface area contributed by atoms with Crippen molar-refractivity contribution in [2.45, 2.75) is 0 Å². The number of benzene rings is 1. The van der Waals surface area contributed by atoms with Gasteiger partial charge in [0.25, 0.3) is 0 Å². The van der Waals surface area contributed by atoms with Crippen molar-refractivity contribution < 1.29 is 0 Å². The average Bonchev–Trinajstić information content (AvgIpc) is 3.00. The second-order valence-electron chi connectivity index (χ2n) is 5.83. The van der Waals surface area contributed by atoms with E-state index in [1.165, 1.54) is 0 Å². The number of imidazole rings is 1. The van der Waals surface area contributed by atoms with E-state index in [0.717, 1.165) is 43.0 Å². The molecule has 0 amide bonds. The van der Waals surface area contributed by atoms with Crippen molar-refractivity contribution in [2.75, 3.05) is 43.9 Å². The molecule has 7 nitrogen and oxygen atoms in total. The number of nitrogens with two attached hydrogens (primary N) is 1. The Labute approximate surface area is 134 Å². The van der Waals surface area contributed by atoms with Crippen LogP contribution in [0.5, 0.6) is 0 Å². The highest BCUT2D eigenvalue weighted by molar-refractivity contribution is 5.80. The molecule has 3 aromatic rings. The molecule has 4 rings (SSSR count). The van der Waals surface area contributed by atoms with E-state index in [-0.39, 0.29) is 0 Å². The molecule has 118 valence electrons. The Morgan fingerprint density at radius 2 is 1.70 bits per heavy atom.